The second kappa shape index (κ2) is 4.47. The van der Waals surface area contributed by atoms with Crippen LogP contribution in [0.4, 0.5) is 5.13 Å². The molecular formula is C9H13ClN2OS. The number of rotatable bonds is 2. The highest BCUT2D eigenvalue weighted by Crippen LogP contribution is 2.30. The molecule has 0 bridgehead atoms. The summed E-state index contributed by atoms with van der Waals surface area (Å²) in [7, 11) is 0. The highest BCUT2D eigenvalue weighted by Gasteiger charge is 2.16. The first kappa shape index (κ1) is 10.2. The summed E-state index contributed by atoms with van der Waals surface area (Å²) in [6, 6.07) is 0. The molecule has 3 nitrogen and oxygen atoms in total. The topological polar surface area (TPSA) is 36.4 Å². The molecule has 78 valence electrons. The monoisotopic (exact) mass is 232 g/mol. The van der Waals surface area contributed by atoms with Gasteiger partial charge in [-0.2, -0.15) is 0 Å². The lowest BCUT2D eigenvalue weighted by atomic mass is 10.1. The second-order valence-corrected chi connectivity index (χ2v) is 4.84. The molecule has 2 rings (SSSR count). The molecule has 0 saturated carbocycles. The number of anilines is 1. The van der Waals surface area contributed by atoms with Crippen LogP contribution in [0.5, 0.6) is 0 Å². The van der Waals surface area contributed by atoms with Crippen molar-refractivity contribution in [1.29, 1.82) is 0 Å². The van der Waals surface area contributed by atoms with E-state index in [0.29, 0.717) is 5.15 Å². The molecule has 0 unspecified atom stereocenters. The smallest absolute Gasteiger partial charge is 0.187 e. The van der Waals surface area contributed by atoms with E-state index in [2.05, 4.69) is 9.88 Å². The summed E-state index contributed by atoms with van der Waals surface area (Å²) < 4.78 is 0. The van der Waals surface area contributed by atoms with Crippen molar-refractivity contribution in [3.63, 3.8) is 0 Å². The highest BCUT2D eigenvalue weighted by molar-refractivity contribution is 7.16. The van der Waals surface area contributed by atoms with Crippen molar-refractivity contribution in [2.24, 2.45) is 0 Å². The molecule has 1 saturated heterocycles. The number of thiazole rings is 1. The SMILES string of the molecule is OCc1sc(N2CCCCC2)nc1Cl. The van der Waals surface area contributed by atoms with E-state index in [1.807, 2.05) is 0 Å². The Hall–Kier alpha value is -0.320. The first-order valence-electron chi connectivity index (χ1n) is 4.82. The zero-order chi connectivity index (χ0) is 9.97. The normalized spacial score (nSPS) is 17.4. The lowest BCUT2D eigenvalue weighted by molar-refractivity contribution is 0.285. The molecule has 5 heteroatoms. The summed E-state index contributed by atoms with van der Waals surface area (Å²) in [5.41, 5.74) is 0. The van der Waals surface area contributed by atoms with Crippen molar-refractivity contribution in [2.45, 2.75) is 25.9 Å². The molecule has 0 amide bonds. The van der Waals surface area contributed by atoms with E-state index in [1.165, 1.54) is 30.6 Å². The van der Waals surface area contributed by atoms with Gasteiger partial charge in [0.25, 0.3) is 0 Å². The molecule has 0 aliphatic carbocycles. The number of nitrogens with zero attached hydrogens (tertiary/aromatic N) is 2. The van der Waals surface area contributed by atoms with Gasteiger partial charge in [0.15, 0.2) is 5.13 Å². The fraction of sp³-hybridized carbons (Fsp3) is 0.667. The van der Waals surface area contributed by atoms with Gasteiger partial charge in [0.1, 0.15) is 5.15 Å². The van der Waals surface area contributed by atoms with Crippen LogP contribution >= 0.6 is 22.9 Å². The number of aromatic nitrogens is 1. The molecule has 1 aliphatic rings. The maximum atomic E-state index is 9.00. The van der Waals surface area contributed by atoms with Gasteiger partial charge in [-0.05, 0) is 19.3 Å². The molecule has 0 atom stereocenters. The Morgan fingerprint density at radius 1 is 1.36 bits per heavy atom. The molecule has 0 aromatic carbocycles. The first-order chi connectivity index (χ1) is 6.81. The summed E-state index contributed by atoms with van der Waals surface area (Å²) in [4.78, 5) is 7.27. The van der Waals surface area contributed by atoms with E-state index >= 15 is 0 Å². The fourth-order valence-corrected chi connectivity index (χ4v) is 2.81. The van der Waals surface area contributed by atoms with Crippen LogP contribution in [-0.4, -0.2) is 23.2 Å². The van der Waals surface area contributed by atoms with E-state index in [4.69, 9.17) is 16.7 Å². The Morgan fingerprint density at radius 3 is 2.64 bits per heavy atom. The molecule has 0 radical (unpaired) electrons. The number of hydrogen-bond donors (Lipinski definition) is 1. The van der Waals surface area contributed by atoms with Crippen molar-refractivity contribution in [2.75, 3.05) is 18.0 Å². The van der Waals surface area contributed by atoms with Crippen LogP contribution in [0.3, 0.4) is 0 Å². The predicted molar refractivity (Wildman–Crippen MR) is 59.1 cm³/mol. The average Bonchev–Trinajstić information content (AvgIpc) is 2.61. The lowest BCUT2D eigenvalue weighted by Gasteiger charge is -2.25. The summed E-state index contributed by atoms with van der Waals surface area (Å²) in [6.07, 6.45) is 3.76. The van der Waals surface area contributed by atoms with Gasteiger partial charge >= 0.3 is 0 Å². The van der Waals surface area contributed by atoms with Crippen molar-refractivity contribution in [3.8, 4) is 0 Å². The van der Waals surface area contributed by atoms with Crippen molar-refractivity contribution in [1.82, 2.24) is 4.98 Å². The van der Waals surface area contributed by atoms with Gasteiger partial charge in [0.05, 0.1) is 11.5 Å². The maximum Gasteiger partial charge on any atom is 0.187 e. The number of aliphatic hydroxyl groups is 1. The van der Waals surface area contributed by atoms with Gasteiger partial charge in [0.2, 0.25) is 0 Å². The maximum absolute atomic E-state index is 9.00. The number of piperidine rings is 1. The minimum atomic E-state index is -0.00958. The van der Waals surface area contributed by atoms with Gasteiger partial charge < -0.3 is 10.0 Å². The molecule has 1 fully saturated rings. The minimum Gasteiger partial charge on any atom is -0.391 e. The standard InChI is InChI=1S/C9H13ClN2OS/c10-8-7(6-13)14-9(11-8)12-4-2-1-3-5-12/h13H,1-6H2. The lowest BCUT2D eigenvalue weighted by Crippen LogP contribution is -2.29. The molecule has 1 aliphatic heterocycles. The van der Waals surface area contributed by atoms with Gasteiger partial charge in [-0.25, -0.2) is 4.98 Å². The van der Waals surface area contributed by atoms with Crippen LogP contribution in [-0.2, 0) is 6.61 Å². The van der Waals surface area contributed by atoms with E-state index < -0.39 is 0 Å². The Morgan fingerprint density at radius 2 is 2.07 bits per heavy atom. The molecule has 1 N–H and O–H groups in total. The third kappa shape index (κ3) is 2.02. The van der Waals surface area contributed by atoms with Crippen molar-refractivity contribution >= 4 is 28.1 Å². The Bertz CT molecular complexity index is 310. The zero-order valence-corrected chi connectivity index (χ0v) is 9.44. The molecule has 14 heavy (non-hydrogen) atoms. The van der Waals surface area contributed by atoms with Gasteiger partial charge in [-0.1, -0.05) is 22.9 Å². The second-order valence-electron chi connectivity index (χ2n) is 3.42. The third-order valence-electron chi connectivity index (χ3n) is 2.41. The molecule has 1 aromatic heterocycles. The quantitative estimate of drug-likeness (QED) is 0.850. The Kier molecular flexibility index (Phi) is 3.26. The molecular weight excluding hydrogens is 220 g/mol. The van der Waals surface area contributed by atoms with Crippen LogP contribution in [0.15, 0.2) is 0 Å². The van der Waals surface area contributed by atoms with Gasteiger partial charge in [0, 0.05) is 13.1 Å². The minimum absolute atomic E-state index is 0.00958. The van der Waals surface area contributed by atoms with E-state index in [0.717, 1.165) is 23.1 Å². The summed E-state index contributed by atoms with van der Waals surface area (Å²) in [6.45, 7) is 2.12. The number of hydrogen-bond acceptors (Lipinski definition) is 4. The Balaban J connectivity index is 2.14. The van der Waals surface area contributed by atoms with Crippen LogP contribution < -0.4 is 4.90 Å². The van der Waals surface area contributed by atoms with Crippen molar-refractivity contribution in [3.05, 3.63) is 10.0 Å². The molecule has 0 spiro atoms. The summed E-state index contributed by atoms with van der Waals surface area (Å²) in [5.74, 6) is 0. The molecule has 1 aromatic rings. The largest absolute Gasteiger partial charge is 0.391 e. The predicted octanol–water partition coefficient (Wildman–Crippen LogP) is 2.28. The Labute approximate surface area is 92.3 Å². The third-order valence-corrected chi connectivity index (χ3v) is 3.93. The van der Waals surface area contributed by atoms with E-state index in [-0.39, 0.29) is 6.61 Å². The molecule has 2 heterocycles. The van der Waals surface area contributed by atoms with Crippen LogP contribution in [0.2, 0.25) is 5.15 Å². The van der Waals surface area contributed by atoms with Gasteiger partial charge in [-0.15, -0.1) is 0 Å². The van der Waals surface area contributed by atoms with Crippen LogP contribution in [0.25, 0.3) is 0 Å². The van der Waals surface area contributed by atoms with E-state index in [1.54, 1.807) is 0 Å². The first-order valence-corrected chi connectivity index (χ1v) is 6.01. The zero-order valence-electron chi connectivity index (χ0n) is 7.87. The summed E-state index contributed by atoms with van der Waals surface area (Å²) >= 11 is 7.38. The number of halogens is 1. The number of aliphatic hydroxyl groups excluding tert-OH is 1. The van der Waals surface area contributed by atoms with Gasteiger partial charge in [-0.3, -0.25) is 0 Å². The fourth-order valence-electron chi connectivity index (χ4n) is 1.64. The van der Waals surface area contributed by atoms with E-state index in [9.17, 15) is 0 Å². The van der Waals surface area contributed by atoms with Crippen molar-refractivity contribution < 1.29 is 5.11 Å². The highest BCUT2D eigenvalue weighted by atomic mass is 35.5. The van der Waals surface area contributed by atoms with Crippen LogP contribution in [0, 0.1) is 0 Å². The van der Waals surface area contributed by atoms with Crippen LogP contribution in [0.1, 0.15) is 24.1 Å². The summed E-state index contributed by atoms with van der Waals surface area (Å²) in [5, 5.41) is 10.4. The average molecular weight is 233 g/mol.